The first kappa shape index (κ1) is 25.3. The second-order valence-corrected chi connectivity index (χ2v) is 5.58. The summed E-state index contributed by atoms with van der Waals surface area (Å²) < 4.78 is 4.99. The first-order valence-electron chi connectivity index (χ1n) is 8.18. The van der Waals surface area contributed by atoms with Crippen LogP contribution in [0.25, 0.3) is 0 Å². The Bertz CT molecular complexity index is 893. The quantitative estimate of drug-likeness (QED) is 0.174. The summed E-state index contributed by atoms with van der Waals surface area (Å²) in [6.45, 7) is -0.444. The molecule has 0 saturated carbocycles. The fraction of sp³-hybridized carbons (Fsp3) is 0.158. The van der Waals surface area contributed by atoms with Crippen molar-refractivity contribution in [2.75, 3.05) is 6.61 Å². The van der Waals surface area contributed by atoms with Crippen molar-refractivity contribution < 1.29 is 49.0 Å². The van der Waals surface area contributed by atoms with Crippen LogP contribution in [-0.2, 0) is 14.5 Å². The Morgan fingerprint density at radius 3 is 1.53 bits per heavy atom. The number of aliphatic hydroxyl groups excluding tert-OH is 1. The molecule has 0 aliphatic heterocycles. The Morgan fingerprint density at radius 2 is 1.13 bits per heavy atom. The number of rotatable bonds is 9. The number of esters is 1. The van der Waals surface area contributed by atoms with Crippen molar-refractivity contribution in [3.8, 4) is 0 Å². The van der Waals surface area contributed by atoms with Gasteiger partial charge in [0.05, 0.1) is 22.3 Å². The normalized spacial score (nSPS) is 11.0. The van der Waals surface area contributed by atoms with E-state index in [2.05, 4.69) is 4.89 Å². The summed E-state index contributed by atoms with van der Waals surface area (Å²) in [5.74, 6) is -4.17. The monoisotopic (exact) mass is 428 g/mol. The number of hydrogen-bond donors (Lipinski definition) is 3. The van der Waals surface area contributed by atoms with Crippen LogP contribution in [0.2, 0.25) is 0 Å². The van der Waals surface area contributed by atoms with Crippen LogP contribution in [0.4, 0.5) is 0 Å². The summed E-state index contributed by atoms with van der Waals surface area (Å²) in [5, 5.41) is 26.7. The molecule has 2 aromatic carbocycles. The zero-order valence-electron chi connectivity index (χ0n) is 14.8. The fourth-order valence-electron chi connectivity index (χ4n) is 2.06. The van der Waals surface area contributed by atoms with Gasteiger partial charge in [0.1, 0.15) is 0 Å². The van der Waals surface area contributed by atoms with Crippen molar-refractivity contribution in [2.24, 2.45) is 0 Å². The van der Waals surface area contributed by atoms with E-state index < -0.39 is 36.8 Å². The van der Waals surface area contributed by atoms with Gasteiger partial charge in [0, 0.05) is 13.0 Å². The van der Waals surface area contributed by atoms with Crippen LogP contribution < -0.4 is 0 Å². The third-order valence-corrected chi connectivity index (χ3v) is 3.57. The Labute approximate surface area is 192 Å². The molecule has 3 N–H and O–H groups in total. The van der Waals surface area contributed by atoms with Gasteiger partial charge in [-0.05, 0) is 48.5 Å². The summed E-state index contributed by atoms with van der Waals surface area (Å²) in [5.41, 5.74) is -0.0264. The van der Waals surface area contributed by atoms with Gasteiger partial charge in [-0.2, -0.15) is 0 Å². The summed E-state index contributed by atoms with van der Waals surface area (Å²) >= 11 is 0. The van der Waals surface area contributed by atoms with Crippen molar-refractivity contribution in [1.29, 1.82) is 0 Å². The molecule has 0 radical (unpaired) electrons. The van der Waals surface area contributed by atoms with Crippen molar-refractivity contribution in [2.45, 2.75) is 12.7 Å². The van der Waals surface area contributed by atoms with E-state index in [-0.39, 0.29) is 58.2 Å². The van der Waals surface area contributed by atoms with Crippen molar-refractivity contribution in [3.05, 3.63) is 70.8 Å². The molecular weight excluding hydrogens is 411 g/mol. The molecule has 1 unspecified atom stereocenters. The van der Waals surface area contributed by atoms with E-state index in [0.29, 0.717) is 0 Å². The van der Waals surface area contributed by atoms with Gasteiger partial charge in [-0.15, -0.1) is 4.89 Å². The molecule has 10 nitrogen and oxygen atoms in total. The summed E-state index contributed by atoms with van der Waals surface area (Å²) in [4.78, 5) is 55.0. The molecule has 2 aromatic rings. The topological polar surface area (TPSA) is 157 Å². The van der Waals surface area contributed by atoms with Gasteiger partial charge < -0.3 is 20.1 Å². The summed E-state index contributed by atoms with van der Waals surface area (Å²) in [7, 11) is 0. The van der Waals surface area contributed by atoms with Gasteiger partial charge in [-0.1, -0.05) is 0 Å². The minimum atomic E-state index is -1.42. The molecule has 2 rings (SSSR count). The molecule has 0 saturated heterocycles. The Morgan fingerprint density at radius 1 is 0.733 bits per heavy atom. The number of carboxylic acids is 2. The number of carbonyl (C=O) groups excluding carboxylic acids is 2. The SMILES string of the molecule is O=C(O)c1ccc(C(=O)OOC(CCO)OC(=O)c2ccc(C(=O)O)cc2)cc1.[NaH]. The summed E-state index contributed by atoms with van der Waals surface area (Å²) in [6.07, 6.45) is -1.63. The van der Waals surface area contributed by atoms with Gasteiger partial charge in [0.15, 0.2) is 0 Å². The predicted octanol–water partition coefficient (Wildman–Crippen LogP) is 1.09. The number of ether oxygens (including phenoxy) is 1. The minimum absolute atomic E-state index is 0. The van der Waals surface area contributed by atoms with Gasteiger partial charge in [0.2, 0.25) is 6.29 Å². The molecule has 0 aromatic heterocycles. The van der Waals surface area contributed by atoms with Crippen LogP contribution in [0.15, 0.2) is 48.5 Å². The maximum atomic E-state index is 12.1. The van der Waals surface area contributed by atoms with Gasteiger partial charge in [0.25, 0.3) is 0 Å². The van der Waals surface area contributed by atoms with E-state index in [1.807, 2.05) is 0 Å². The van der Waals surface area contributed by atoms with Gasteiger partial charge in [-0.3, -0.25) is 4.89 Å². The average molecular weight is 428 g/mol. The third-order valence-electron chi connectivity index (χ3n) is 3.57. The maximum absolute atomic E-state index is 12.1. The first-order valence-corrected chi connectivity index (χ1v) is 8.18. The van der Waals surface area contributed by atoms with Gasteiger partial charge >= 0.3 is 53.4 Å². The molecule has 0 bridgehead atoms. The van der Waals surface area contributed by atoms with E-state index in [0.717, 1.165) is 0 Å². The van der Waals surface area contributed by atoms with Crippen molar-refractivity contribution >= 4 is 53.4 Å². The fourth-order valence-corrected chi connectivity index (χ4v) is 2.06. The molecule has 30 heavy (non-hydrogen) atoms. The van der Waals surface area contributed by atoms with Crippen LogP contribution in [0.5, 0.6) is 0 Å². The zero-order chi connectivity index (χ0) is 21.4. The van der Waals surface area contributed by atoms with E-state index >= 15 is 0 Å². The molecule has 0 heterocycles. The van der Waals surface area contributed by atoms with Crippen molar-refractivity contribution in [1.82, 2.24) is 0 Å². The Balaban J connectivity index is 0.00000450. The summed E-state index contributed by atoms with van der Waals surface area (Å²) in [6, 6.07) is 9.72. The average Bonchev–Trinajstić information content (AvgIpc) is 2.72. The standard InChI is InChI=1S/C19H16O10.Na.H/c20-10-9-15(27-18(25)13-5-1-11(2-6-13)16(21)22)28-29-19(26)14-7-3-12(4-8-14)17(23)24;;/h1-8,15,20H,9-10H2,(H,21,22)(H,23,24);;. The number of aliphatic hydroxyl groups is 1. The second kappa shape index (κ2) is 12.1. The molecule has 0 fully saturated rings. The van der Waals surface area contributed by atoms with Crippen LogP contribution in [0.3, 0.4) is 0 Å². The molecule has 11 heteroatoms. The number of carbonyl (C=O) groups is 4. The number of carboxylic acid groups (broad SMARTS) is 2. The van der Waals surface area contributed by atoms with E-state index in [9.17, 15) is 19.2 Å². The Kier molecular flexibility index (Phi) is 10.2. The van der Waals surface area contributed by atoms with E-state index in [1.165, 1.54) is 48.5 Å². The molecule has 0 spiro atoms. The predicted molar refractivity (Wildman–Crippen MR) is 101 cm³/mol. The van der Waals surface area contributed by atoms with E-state index in [1.54, 1.807) is 0 Å². The number of aromatic carboxylic acids is 2. The van der Waals surface area contributed by atoms with Crippen LogP contribution in [0, 0.1) is 0 Å². The molecule has 0 aliphatic carbocycles. The third kappa shape index (κ3) is 7.25. The Hall–Kier alpha value is -2.76. The zero-order valence-corrected chi connectivity index (χ0v) is 14.8. The van der Waals surface area contributed by atoms with Gasteiger partial charge in [-0.25, -0.2) is 19.2 Å². The molecule has 1 atom stereocenters. The van der Waals surface area contributed by atoms with Crippen molar-refractivity contribution in [3.63, 3.8) is 0 Å². The number of benzene rings is 2. The molecule has 154 valence electrons. The van der Waals surface area contributed by atoms with Crippen LogP contribution in [-0.4, -0.2) is 81.7 Å². The molecule has 0 amide bonds. The molecular formula is C19H17NaO10. The first-order chi connectivity index (χ1) is 13.8. The van der Waals surface area contributed by atoms with Crippen LogP contribution >= 0.6 is 0 Å². The van der Waals surface area contributed by atoms with E-state index in [4.69, 9.17) is 24.9 Å². The molecule has 0 aliphatic rings. The van der Waals surface area contributed by atoms with Crippen LogP contribution in [0.1, 0.15) is 47.9 Å². The number of hydrogen-bond acceptors (Lipinski definition) is 8. The second-order valence-electron chi connectivity index (χ2n) is 5.58.